The molecule has 34 heavy (non-hydrogen) atoms. The van der Waals surface area contributed by atoms with E-state index < -0.39 is 0 Å². The van der Waals surface area contributed by atoms with E-state index in [0.29, 0.717) is 29.2 Å². The van der Waals surface area contributed by atoms with Crippen LogP contribution in [-0.4, -0.2) is 22.2 Å². The van der Waals surface area contributed by atoms with Crippen LogP contribution in [0, 0.1) is 5.92 Å². The van der Waals surface area contributed by atoms with E-state index in [1.165, 1.54) is 26.9 Å². The SMILES string of the molecule is O=C(CCn1[nH]c(=O)c2ccccc2c1=O)NCC1CC2c3ccccc3C1c1ccccc12. The molecule has 1 aromatic heterocycles. The highest BCUT2D eigenvalue weighted by atomic mass is 16.2. The average molecular weight is 452 g/mol. The van der Waals surface area contributed by atoms with Gasteiger partial charge in [0.25, 0.3) is 11.1 Å². The quantitative estimate of drug-likeness (QED) is 0.487. The van der Waals surface area contributed by atoms with Gasteiger partial charge < -0.3 is 5.32 Å². The molecular formula is C28H25N3O3. The first-order chi connectivity index (χ1) is 16.6. The van der Waals surface area contributed by atoms with Gasteiger partial charge in [0, 0.05) is 24.8 Å². The van der Waals surface area contributed by atoms with Crippen molar-refractivity contribution in [2.24, 2.45) is 5.92 Å². The Kier molecular flexibility index (Phi) is 4.94. The Balaban J connectivity index is 1.17. The number of carbonyl (C=O) groups is 1. The van der Waals surface area contributed by atoms with Crippen LogP contribution in [0.15, 0.2) is 82.4 Å². The molecule has 2 N–H and O–H groups in total. The van der Waals surface area contributed by atoms with Crippen LogP contribution in [0.25, 0.3) is 10.8 Å². The summed E-state index contributed by atoms with van der Waals surface area (Å²) in [4.78, 5) is 37.7. The fourth-order valence-electron chi connectivity index (χ4n) is 5.91. The van der Waals surface area contributed by atoms with Crippen molar-refractivity contribution in [3.63, 3.8) is 0 Å². The molecule has 0 saturated heterocycles. The number of amides is 1. The van der Waals surface area contributed by atoms with Crippen LogP contribution in [0.2, 0.25) is 0 Å². The maximum Gasteiger partial charge on any atom is 0.273 e. The molecule has 0 saturated carbocycles. The molecule has 7 rings (SSSR count). The fraction of sp³-hybridized carbons (Fsp3) is 0.250. The summed E-state index contributed by atoms with van der Waals surface area (Å²) in [5, 5.41) is 6.41. The molecule has 4 aromatic rings. The first-order valence-electron chi connectivity index (χ1n) is 11.8. The van der Waals surface area contributed by atoms with Gasteiger partial charge in [-0.3, -0.25) is 19.5 Å². The van der Waals surface area contributed by atoms with Crippen LogP contribution >= 0.6 is 0 Å². The lowest BCUT2D eigenvalue weighted by Gasteiger charge is -2.45. The highest BCUT2D eigenvalue weighted by molar-refractivity contribution is 5.80. The summed E-state index contributed by atoms with van der Waals surface area (Å²) in [6.07, 6.45) is 1.14. The molecule has 3 aliphatic carbocycles. The van der Waals surface area contributed by atoms with Gasteiger partial charge in [-0.25, -0.2) is 4.68 Å². The van der Waals surface area contributed by atoms with E-state index >= 15 is 0 Å². The number of carbonyl (C=O) groups excluding carboxylic acids is 1. The van der Waals surface area contributed by atoms with Crippen molar-refractivity contribution in [1.29, 1.82) is 0 Å². The Morgan fingerprint density at radius 2 is 1.44 bits per heavy atom. The molecule has 1 unspecified atom stereocenters. The summed E-state index contributed by atoms with van der Waals surface area (Å²) < 4.78 is 1.24. The average Bonchev–Trinajstić information content (AvgIpc) is 2.89. The second-order valence-electron chi connectivity index (χ2n) is 9.28. The maximum absolute atomic E-state index is 12.7. The number of hydrogen-bond donors (Lipinski definition) is 2. The number of aromatic nitrogens is 2. The standard InChI is InChI=1S/C28H25N3O3/c32-25(13-14-31-28(34)23-12-6-5-11-22(23)27(33)30-31)29-16-17-15-24-18-7-1-3-9-20(18)26(17)21-10-4-2-8-19(21)24/h1-12,17,24,26H,13-16H2,(H,29,32)(H,30,33). The summed E-state index contributed by atoms with van der Waals surface area (Å²) in [6, 6.07) is 24.0. The zero-order valence-corrected chi connectivity index (χ0v) is 18.7. The zero-order valence-electron chi connectivity index (χ0n) is 18.7. The smallest absolute Gasteiger partial charge is 0.273 e. The molecule has 6 nitrogen and oxygen atoms in total. The van der Waals surface area contributed by atoms with Gasteiger partial charge in [-0.15, -0.1) is 0 Å². The van der Waals surface area contributed by atoms with Crippen molar-refractivity contribution in [2.75, 3.05) is 6.54 Å². The van der Waals surface area contributed by atoms with Gasteiger partial charge in [0.1, 0.15) is 0 Å². The van der Waals surface area contributed by atoms with Crippen molar-refractivity contribution in [3.05, 3.63) is 116 Å². The van der Waals surface area contributed by atoms with Gasteiger partial charge in [-0.05, 0) is 46.7 Å². The van der Waals surface area contributed by atoms with E-state index in [0.717, 1.165) is 6.42 Å². The summed E-state index contributed by atoms with van der Waals surface area (Å²) in [6.45, 7) is 0.721. The summed E-state index contributed by atoms with van der Waals surface area (Å²) in [7, 11) is 0. The lowest BCUT2D eigenvalue weighted by Crippen LogP contribution is -2.40. The minimum Gasteiger partial charge on any atom is -0.356 e. The minimum absolute atomic E-state index is 0.121. The third-order valence-electron chi connectivity index (χ3n) is 7.43. The molecule has 3 aromatic carbocycles. The Morgan fingerprint density at radius 1 is 0.853 bits per heavy atom. The fourth-order valence-corrected chi connectivity index (χ4v) is 5.91. The molecule has 1 heterocycles. The number of fused-ring (bicyclic) bond motifs is 2. The highest BCUT2D eigenvalue weighted by Gasteiger charge is 2.42. The molecule has 0 spiro atoms. The number of aryl methyl sites for hydroxylation is 1. The van der Waals surface area contributed by atoms with Gasteiger partial charge in [0.15, 0.2) is 0 Å². The summed E-state index contributed by atoms with van der Waals surface area (Å²) in [5.41, 5.74) is 4.95. The van der Waals surface area contributed by atoms with E-state index in [9.17, 15) is 14.4 Å². The zero-order chi connectivity index (χ0) is 23.2. The molecular weight excluding hydrogens is 426 g/mol. The van der Waals surface area contributed by atoms with Crippen LogP contribution in [-0.2, 0) is 11.3 Å². The lowest BCUT2D eigenvalue weighted by molar-refractivity contribution is -0.121. The van der Waals surface area contributed by atoms with Crippen molar-refractivity contribution in [3.8, 4) is 0 Å². The topological polar surface area (TPSA) is 84.0 Å². The normalized spacial score (nSPS) is 20.1. The molecule has 0 fully saturated rings. The molecule has 3 aliphatic rings. The number of nitrogens with one attached hydrogen (secondary N) is 2. The Morgan fingerprint density at radius 3 is 2.12 bits per heavy atom. The van der Waals surface area contributed by atoms with Crippen LogP contribution in [0.4, 0.5) is 0 Å². The van der Waals surface area contributed by atoms with Gasteiger partial charge in [-0.1, -0.05) is 60.7 Å². The number of aromatic amines is 1. The molecule has 2 bridgehead atoms. The second-order valence-corrected chi connectivity index (χ2v) is 9.28. The van der Waals surface area contributed by atoms with E-state index in [2.05, 4.69) is 58.9 Å². The first kappa shape index (κ1) is 20.7. The largest absolute Gasteiger partial charge is 0.356 e. The molecule has 1 amide bonds. The van der Waals surface area contributed by atoms with Crippen LogP contribution in [0.5, 0.6) is 0 Å². The van der Waals surface area contributed by atoms with Crippen molar-refractivity contribution >= 4 is 16.7 Å². The van der Waals surface area contributed by atoms with E-state index in [4.69, 9.17) is 0 Å². The second kappa shape index (κ2) is 8.13. The number of benzene rings is 3. The lowest BCUT2D eigenvalue weighted by atomic mass is 9.59. The molecule has 0 radical (unpaired) electrons. The van der Waals surface area contributed by atoms with Crippen LogP contribution < -0.4 is 16.4 Å². The molecule has 1 atom stereocenters. The Bertz CT molecular complexity index is 1490. The highest BCUT2D eigenvalue weighted by Crippen LogP contribution is 2.55. The Hall–Kier alpha value is -3.93. The minimum atomic E-state index is -0.328. The number of nitrogens with zero attached hydrogens (tertiary/aromatic N) is 1. The predicted octanol–water partition coefficient (Wildman–Crippen LogP) is 3.49. The maximum atomic E-state index is 12.7. The van der Waals surface area contributed by atoms with Crippen molar-refractivity contribution in [2.45, 2.75) is 31.2 Å². The number of hydrogen-bond acceptors (Lipinski definition) is 3. The van der Waals surface area contributed by atoms with Crippen LogP contribution in [0.1, 0.15) is 46.9 Å². The summed E-state index contributed by atoms with van der Waals surface area (Å²) in [5.74, 6) is 0.837. The van der Waals surface area contributed by atoms with E-state index in [1.54, 1.807) is 24.3 Å². The number of rotatable bonds is 5. The van der Waals surface area contributed by atoms with Crippen LogP contribution in [0.3, 0.4) is 0 Å². The van der Waals surface area contributed by atoms with Gasteiger partial charge in [-0.2, -0.15) is 0 Å². The van der Waals surface area contributed by atoms with Crippen molar-refractivity contribution in [1.82, 2.24) is 15.1 Å². The third-order valence-corrected chi connectivity index (χ3v) is 7.43. The van der Waals surface area contributed by atoms with Gasteiger partial charge in [0.2, 0.25) is 5.91 Å². The van der Waals surface area contributed by atoms with Crippen molar-refractivity contribution < 1.29 is 4.79 Å². The first-order valence-corrected chi connectivity index (χ1v) is 11.8. The third kappa shape index (κ3) is 3.29. The summed E-state index contributed by atoms with van der Waals surface area (Å²) >= 11 is 0. The predicted molar refractivity (Wildman–Crippen MR) is 131 cm³/mol. The number of H-pyrrole nitrogens is 1. The molecule has 6 heteroatoms. The monoisotopic (exact) mass is 451 g/mol. The van der Waals surface area contributed by atoms with E-state index in [1.807, 2.05) is 0 Å². The van der Waals surface area contributed by atoms with Gasteiger partial charge in [0.05, 0.1) is 17.3 Å². The molecule has 170 valence electrons. The van der Waals surface area contributed by atoms with E-state index in [-0.39, 0.29) is 35.9 Å². The van der Waals surface area contributed by atoms with Gasteiger partial charge >= 0.3 is 0 Å². The molecule has 0 aliphatic heterocycles. The Labute approximate surface area is 196 Å².